The lowest BCUT2D eigenvalue weighted by atomic mass is 10.1. The molecule has 0 saturated carbocycles. The Balaban J connectivity index is 1.75. The third kappa shape index (κ3) is 2.79. The zero-order valence-electron chi connectivity index (χ0n) is 11.4. The number of nitrogens with zero attached hydrogens (tertiary/aromatic N) is 3. The molecule has 20 heavy (non-hydrogen) atoms. The molecule has 0 bridgehead atoms. The van der Waals surface area contributed by atoms with Crippen molar-refractivity contribution in [3.8, 4) is 0 Å². The Morgan fingerprint density at radius 2 is 1.95 bits per heavy atom. The molecule has 2 heterocycles. The minimum atomic E-state index is -0.183. The average Bonchev–Trinajstić information content (AvgIpc) is 2.74. The average molecular weight is 338 g/mol. The lowest BCUT2D eigenvalue weighted by Gasteiger charge is -2.25. The summed E-state index contributed by atoms with van der Waals surface area (Å²) in [7, 11) is 2.13. The zero-order chi connectivity index (χ0) is 14.1. The van der Waals surface area contributed by atoms with Gasteiger partial charge in [0.25, 0.3) is 0 Å². The number of aryl methyl sites for hydroxylation is 2. The van der Waals surface area contributed by atoms with Crippen LogP contribution in [-0.2, 0) is 25.9 Å². The van der Waals surface area contributed by atoms with Crippen LogP contribution in [0.4, 0.5) is 4.39 Å². The van der Waals surface area contributed by atoms with Gasteiger partial charge in [0.15, 0.2) is 0 Å². The molecule has 2 aromatic rings. The maximum atomic E-state index is 12.9. The predicted octanol–water partition coefficient (Wildman–Crippen LogP) is 3.02. The second-order valence-electron chi connectivity index (χ2n) is 5.28. The fourth-order valence-corrected chi connectivity index (χ4v) is 3.17. The van der Waals surface area contributed by atoms with E-state index in [4.69, 9.17) is 0 Å². The molecule has 1 aliphatic heterocycles. The van der Waals surface area contributed by atoms with E-state index in [-0.39, 0.29) is 5.82 Å². The molecule has 0 N–H and O–H groups in total. The first-order chi connectivity index (χ1) is 9.63. The van der Waals surface area contributed by atoms with E-state index < -0.39 is 0 Å². The van der Waals surface area contributed by atoms with Gasteiger partial charge in [-0.25, -0.2) is 9.37 Å². The van der Waals surface area contributed by atoms with E-state index in [1.54, 1.807) is 0 Å². The third-order valence-electron chi connectivity index (χ3n) is 3.78. The van der Waals surface area contributed by atoms with Gasteiger partial charge in [-0.15, -0.1) is 0 Å². The molecule has 3 nitrogen and oxygen atoms in total. The lowest BCUT2D eigenvalue weighted by Crippen LogP contribution is -2.31. The van der Waals surface area contributed by atoms with Crippen molar-refractivity contribution < 1.29 is 4.39 Å². The van der Waals surface area contributed by atoms with Crippen molar-refractivity contribution in [2.75, 3.05) is 13.6 Å². The minimum Gasteiger partial charge on any atom is -0.329 e. The van der Waals surface area contributed by atoms with E-state index >= 15 is 0 Å². The zero-order valence-corrected chi connectivity index (χ0v) is 13.0. The number of rotatable bonds is 3. The van der Waals surface area contributed by atoms with Crippen LogP contribution >= 0.6 is 15.9 Å². The molecule has 0 saturated heterocycles. The number of hydrogen-bond donors (Lipinski definition) is 0. The monoisotopic (exact) mass is 337 g/mol. The first-order valence-corrected chi connectivity index (χ1v) is 7.59. The molecule has 0 fully saturated rings. The maximum absolute atomic E-state index is 12.9. The van der Waals surface area contributed by atoms with Crippen LogP contribution in [0, 0.1) is 5.82 Å². The summed E-state index contributed by atoms with van der Waals surface area (Å²) >= 11 is 3.56. The van der Waals surface area contributed by atoms with Crippen LogP contribution in [0.5, 0.6) is 0 Å². The van der Waals surface area contributed by atoms with Crippen LogP contribution in [-0.4, -0.2) is 28.0 Å². The molecule has 0 spiro atoms. The summed E-state index contributed by atoms with van der Waals surface area (Å²) in [5.74, 6) is 0.932. The van der Waals surface area contributed by atoms with Gasteiger partial charge in [0.1, 0.15) is 16.2 Å². The molecule has 1 aliphatic rings. The van der Waals surface area contributed by atoms with E-state index in [1.165, 1.54) is 17.8 Å². The van der Waals surface area contributed by atoms with Gasteiger partial charge in [-0.3, -0.25) is 4.90 Å². The van der Waals surface area contributed by atoms with Gasteiger partial charge in [-0.2, -0.15) is 0 Å². The Bertz CT molecular complexity index is 606. The fraction of sp³-hybridized carbons (Fsp3) is 0.400. The van der Waals surface area contributed by atoms with Crippen molar-refractivity contribution in [3.63, 3.8) is 0 Å². The summed E-state index contributed by atoms with van der Waals surface area (Å²) in [6.45, 7) is 2.98. The van der Waals surface area contributed by atoms with Crippen LogP contribution in [0.25, 0.3) is 0 Å². The minimum absolute atomic E-state index is 0.183. The number of imidazole rings is 1. The summed E-state index contributed by atoms with van der Waals surface area (Å²) in [4.78, 5) is 6.94. The Morgan fingerprint density at radius 3 is 2.70 bits per heavy atom. The van der Waals surface area contributed by atoms with Crippen molar-refractivity contribution in [2.24, 2.45) is 0 Å². The largest absolute Gasteiger partial charge is 0.329 e. The number of benzene rings is 1. The summed E-state index contributed by atoms with van der Waals surface area (Å²) in [6.07, 6.45) is 1.77. The van der Waals surface area contributed by atoms with Crippen LogP contribution in [0.2, 0.25) is 0 Å². The highest BCUT2D eigenvalue weighted by Gasteiger charge is 2.20. The van der Waals surface area contributed by atoms with Gasteiger partial charge in [0, 0.05) is 26.1 Å². The smallest absolute Gasteiger partial charge is 0.128 e. The predicted molar refractivity (Wildman–Crippen MR) is 80.1 cm³/mol. The first kappa shape index (κ1) is 13.8. The van der Waals surface area contributed by atoms with Crippen molar-refractivity contribution in [1.29, 1.82) is 0 Å². The van der Waals surface area contributed by atoms with Crippen LogP contribution in [0.3, 0.4) is 0 Å². The topological polar surface area (TPSA) is 21.1 Å². The number of halogens is 2. The van der Waals surface area contributed by atoms with E-state index in [0.29, 0.717) is 0 Å². The van der Waals surface area contributed by atoms with Crippen LogP contribution in [0.1, 0.15) is 17.1 Å². The summed E-state index contributed by atoms with van der Waals surface area (Å²) < 4.78 is 16.2. The lowest BCUT2D eigenvalue weighted by molar-refractivity contribution is 0.266. The van der Waals surface area contributed by atoms with Crippen molar-refractivity contribution in [2.45, 2.75) is 25.9 Å². The number of likely N-dealkylation sites (N-methyl/N-ethyl adjacent to an activating group) is 1. The van der Waals surface area contributed by atoms with Gasteiger partial charge in [0.05, 0.1) is 5.69 Å². The molecule has 3 rings (SSSR count). The van der Waals surface area contributed by atoms with Gasteiger partial charge < -0.3 is 4.57 Å². The second kappa shape index (κ2) is 5.66. The number of hydrogen-bond acceptors (Lipinski definition) is 2. The summed E-state index contributed by atoms with van der Waals surface area (Å²) in [5.41, 5.74) is 2.40. The Kier molecular flexibility index (Phi) is 3.89. The molecule has 0 amide bonds. The van der Waals surface area contributed by atoms with E-state index in [9.17, 15) is 4.39 Å². The Labute approximate surface area is 126 Å². The van der Waals surface area contributed by atoms with Gasteiger partial charge >= 0.3 is 0 Å². The summed E-state index contributed by atoms with van der Waals surface area (Å²) in [6, 6.07) is 6.72. The maximum Gasteiger partial charge on any atom is 0.128 e. The Morgan fingerprint density at radius 1 is 1.20 bits per heavy atom. The molecule has 0 atom stereocenters. The number of aromatic nitrogens is 2. The molecule has 0 radical (unpaired) electrons. The second-order valence-corrected chi connectivity index (χ2v) is 6.03. The Hall–Kier alpha value is -1.20. The normalized spacial score (nSPS) is 15.3. The van der Waals surface area contributed by atoms with Gasteiger partial charge in [-0.05, 0) is 47.1 Å². The van der Waals surface area contributed by atoms with Gasteiger partial charge in [0.2, 0.25) is 0 Å². The molecule has 1 aromatic carbocycles. The number of fused-ring (bicyclic) bond motifs is 1. The molecular weight excluding hydrogens is 321 g/mol. The highest BCUT2D eigenvalue weighted by molar-refractivity contribution is 9.10. The first-order valence-electron chi connectivity index (χ1n) is 6.80. The SMILES string of the molecule is CN1CCn2c(CCc3ccc(F)cc3)nc(Br)c2C1. The van der Waals surface area contributed by atoms with Crippen LogP contribution < -0.4 is 0 Å². The fourth-order valence-electron chi connectivity index (χ4n) is 2.62. The quantitative estimate of drug-likeness (QED) is 0.858. The highest BCUT2D eigenvalue weighted by atomic mass is 79.9. The van der Waals surface area contributed by atoms with E-state index in [2.05, 4.69) is 37.4 Å². The van der Waals surface area contributed by atoms with E-state index in [1.807, 2.05) is 12.1 Å². The van der Waals surface area contributed by atoms with Gasteiger partial charge in [-0.1, -0.05) is 12.1 Å². The summed E-state index contributed by atoms with van der Waals surface area (Å²) in [5, 5.41) is 0. The highest BCUT2D eigenvalue weighted by Crippen LogP contribution is 2.23. The van der Waals surface area contributed by atoms with Crippen molar-refractivity contribution in [3.05, 3.63) is 51.8 Å². The molecular formula is C15H17BrFN3. The van der Waals surface area contributed by atoms with Crippen molar-refractivity contribution >= 4 is 15.9 Å². The molecule has 106 valence electrons. The van der Waals surface area contributed by atoms with Crippen molar-refractivity contribution in [1.82, 2.24) is 14.5 Å². The van der Waals surface area contributed by atoms with E-state index in [0.717, 1.165) is 48.5 Å². The standard InChI is InChI=1S/C15H17BrFN3/c1-19-8-9-20-13(10-19)15(16)18-14(20)7-4-11-2-5-12(17)6-3-11/h2-3,5-6H,4,7-10H2,1H3. The molecule has 0 unspecified atom stereocenters. The molecule has 5 heteroatoms. The van der Waals surface area contributed by atoms with Crippen LogP contribution in [0.15, 0.2) is 28.9 Å². The molecule has 1 aromatic heterocycles. The third-order valence-corrected chi connectivity index (χ3v) is 4.41. The molecule has 0 aliphatic carbocycles.